The van der Waals surface area contributed by atoms with Crippen LogP contribution < -0.4 is 52.7 Å². The summed E-state index contributed by atoms with van der Waals surface area (Å²) in [6, 6.07) is 29.7. The summed E-state index contributed by atoms with van der Waals surface area (Å²) in [6.07, 6.45) is 2.39. The number of halogens is 9. The monoisotopic (exact) mass is 2050 g/mol. The highest BCUT2D eigenvalue weighted by Crippen LogP contribution is 2.46. The number of anilines is 5. The van der Waals surface area contributed by atoms with Crippen molar-refractivity contribution in [1.82, 2.24) is 48.6 Å². The molecule has 10 aromatic rings. The van der Waals surface area contributed by atoms with E-state index in [2.05, 4.69) is 98.9 Å². The molecule has 1 amide bonds. The fourth-order valence-electron chi connectivity index (χ4n) is 13.8. The van der Waals surface area contributed by atoms with Gasteiger partial charge in [0.1, 0.15) is 60.5 Å². The summed E-state index contributed by atoms with van der Waals surface area (Å²) in [6.45, 7) is 33.6. The second-order valence-electron chi connectivity index (χ2n) is 35.2. The second-order valence-corrected chi connectivity index (χ2v) is 38.4. The molecular formula is C90H118B3BrCl3F4IN16O13. The highest BCUT2D eigenvalue weighted by molar-refractivity contribution is 14.1. The number of ether oxygens (including phenoxy) is 6. The van der Waals surface area contributed by atoms with Crippen molar-refractivity contribution in [1.29, 1.82) is 0 Å². The predicted molar refractivity (Wildman–Crippen MR) is 521 cm³/mol. The van der Waals surface area contributed by atoms with Crippen LogP contribution in [0.5, 0.6) is 23.0 Å². The molecule has 7 aliphatic rings. The van der Waals surface area contributed by atoms with E-state index in [1.165, 1.54) is 26.5 Å². The lowest BCUT2D eigenvalue weighted by Gasteiger charge is -2.32. The maximum atomic E-state index is 14.0. The number of pyridine rings is 2. The third-order valence-electron chi connectivity index (χ3n) is 24.1. The molecule has 6 aliphatic heterocycles. The van der Waals surface area contributed by atoms with E-state index in [4.69, 9.17) is 114 Å². The van der Waals surface area contributed by atoms with Gasteiger partial charge in [0.15, 0.2) is 22.9 Å². The number of nitrogens with two attached hydrogens (primary N) is 4. The molecule has 41 heteroatoms. The third-order valence-corrected chi connectivity index (χ3v) is 25.8. The molecule has 1 aliphatic carbocycles. The fraction of sp³-hybridized carbons (Fsp3) is 0.489. The number of fused-ring (bicyclic) bond motifs is 2. The van der Waals surface area contributed by atoms with Gasteiger partial charge in [-0.2, -0.15) is 10.2 Å². The lowest BCUT2D eigenvalue weighted by Crippen LogP contribution is -2.41. The summed E-state index contributed by atoms with van der Waals surface area (Å²) >= 11 is 23.7. The molecule has 6 aromatic heterocycles. The van der Waals surface area contributed by atoms with Crippen LogP contribution in [0.25, 0.3) is 33.6 Å². The van der Waals surface area contributed by atoms with Crippen LogP contribution in [0.1, 0.15) is 202 Å². The minimum Gasteiger partial charge on any atom is -0.495 e. The van der Waals surface area contributed by atoms with Crippen LogP contribution in [-0.2, 0) is 56.3 Å². The zero-order valence-electron chi connectivity index (χ0n) is 78.0. The molecule has 5 saturated heterocycles. The minimum atomic E-state index is -2.79. The van der Waals surface area contributed by atoms with Crippen LogP contribution in [0, 0.1) is 23.5 Å². The van der Waals surface area contributed by atoms with Gasteiger partial charge in [0, 0.05) is 66.3 Å². The highest BCUT2D eigenvalue weighted by atomic mass is 127. The number of carbonyl (C=O) groups is 1. The predicted octanol–water partition coefficient (Wildman–Crippen LogP) is 20.1. The maximum Gasteiger partial charge on any atom is 0.494 e. The number of aromatic nitrogens is 10. The number of alkyl halides is 4. The lowest BCUT2D eigenvalue weighted by molar-refractivity contribution is -0.119. The van der Waals surface area contributed by atoms with Gasteiger partial charge in [0.25, 0.3) is 12.9 Å². The summed E-state index contributed by atoms with van der Waals surface area (Å²) in [5, 5.41) is 12.4. The number of nitrogens with zero attached hydrogens (tertiary/aromatic N) is 11. The van der Waals surface area contributed by atoms with E-state index in [-0.39, 0.29) is 102 Å². The summed E-state index contributed by atoms with van der Waals surface area (Å²) in [5.41, 5.74) is 32.0. The quantitative estimate of drug-likeness (QED) is 0.0209. The van der Waals surface area contributed by atoms with Crippen molar-refractivity contribution < 1.29 is 78.7 Å². The zero-order chi connectivity index (χ0) is 96.5. The number of hydrogen-bond donors (Lipinski definition) is 5. The molecular weight excluding hydrogens is 1930 g/mol. The average Bonchev–Trinajstić information content (AvgIpc) is 1.66. The lowest BCUT2D eigenvalue weighted by atomic mass is 9.49. The molecule has 708 valence electrons. The average molecular weight is 2050 g/mol. The maximum absolute atomic E-state index is 14.0. The van der Waals surface area contributed by atoms with E-state index in [1.54, 1.807) is 51.3 Å². The van der Waals surface area contributed by atoms with E-state index in [9.17, 15) is 22.4 Å². The smallest absolute Gasteiger partial charge is 0.494 e. The van der Waals surface area contributed by atoms with Crippen molar-refractivity contribution >= 4 is 162 Å². The highest BCUT2D eigenvalue weighted by Gasteiger charge is 2.64. The summed E-state index contributed by atoms with van der Waals surface area (Å²) in [7, 11) is 8.87. The van der Waals surface area contributed by atoms with E-state index < -0.39 is 45.1 Å². The molecule has 9 N–H and O–H groups in total. The van der Waals surface area contributed by atoms with Gasteiger partial charge < -0.3 is 84.6 Å². The summed E-state index contributed by atoms with van der Waals surface area (Å²) in [4.78, 5) is 31.1. The largest absolute Gasteiger partial charge is 0.495 e. The molecule has 131 heavy (non-hydrogen) atoms. The molecule has 1 saturated carbocycles. The number of methoxy groups -OCH3 is 4. The number of allylic oxidation sites excluding steroid dienone is 1. The van der Waals surface area contributed by atoms with Crippen molar-refractivity contribution in [2.24, 2.45) is 30.7 Å². The normalized spacial score (nSPS) is 19.3. The molecule has 29 nitrogen and oxygen atoms in total. The Morgan fingerprint density at radius 2 is 0.985 bits per heavy atom. The number of hydrogen-bond acceptors (Lipinski definition) is 24. The van der Waals surface area contributed by atoms with E-state index in [1.807, 2.05) is 189 Å². The van der Waals surface area contributed by atoms with Crippen LogP contribution in [0.2, 0.25) is 15.3 Å². The van der Waals surface area contributed by atoms with Gasteiger partial charge >= 0.3 is 21.1 Å². The molecule has 0 bridgehead atoms. The Bertz CT molecular complexity index is 5590. The molecule has 0 spiro atoms. The number of primary amides is 1. The molecule has 0 radical (unpaired) electrons. The van der Waals surface area contributed by atoms with Crippen molar-refractivity contribution in [3.05, 3.63) is 161 Å². The van der Waals surface area contributed by atoms with Crippen LogP contribution in [-0.4, -0.2) is 163 Å². The topological polar surface area (TPSA) is 353 Å². The Balaban J connectivity index is 0.000000163. The van der Waals surface area contributed by atoms with Crippen LogP contribution >= 0.6 is 73.3 Å². The number of carbonyl (C=O) groups excluding carboxylic acids is 1. The van der Waals surface area contributed by atoms with Crippen LogP contribution in [0.4, 0.5) is 46.0 Å². The Morgan fingerprint density at radius 3 is 1.40 bits per heavy atom. The van der Waals surface area contributed by atoms with Gasteiger partial charge in [0.05, 0.1) is 113 Å². The van der Waals surface area contributed by atoms with Gasteiger partial charge in [-0.3, -0.25) is 28.3 Å². The van der Waals surface area contributed by atoms with Crippen molar-refractivity contribution in [3.63, 3.8) is 0 Å². The number of benzene rings is 4. The Morgan fingerprint density at radius 1 is 0.542 bits per heavy atom. The zero-order valence-corrected chi connectivity index (χ0v) is 84.0. The molecule has 3 unspecified atom stereocenters. The van der Waals surface area contributed by atoms with Crippen molar-refractivity contribution in [2.75, 3.05) is 64.2 Å². The minimum absolute atomic E-state index is 0.130. The summed E-state index contributed by atoms with van der Waals surface area (Å²) < 4.78 is 131. The summed E-state index contributed by atoms with van der Waals surface area (Å²) in [5.74, 6) is 1.93. The van der Waals surface area contributed by atoms with Gasteiger partial charge in [0.2, 0.25) is 5.91 Å². The van der Waals surface area contributed by atoms with Crippen molar-refractivity contribution in [2.45, 2.75) is 227 Å². The molecule has 17 rings (SSSR count). The SMILES string of the molecule is CC1(C)OB(B2OC(C)(C)C(C)(C)O2)OC1(C)C.COc1cc(-c2cc(C)n(C)n2)ccc1Nc1cc(Cl)nc2c1nc(C(F)F)n2C1CCCCO1.COc1cc(B2OC(C)(C)C(C)(C)O2)ccc1N.COc1cc(Br)ccc1N.COc1cc(C2=NC(C)C(C)=C2)ccc1N.Cc1cc(I)nn1C.FC(F)c1nc2c(Cl)cc(Cl)nc2n1C1CCCCO1.NC(=O)C1CC1. The molecule has 3 atom stereocenters. The van der Waals surface area contributed by atoms with E-state index in [0.29, 0.717) is 77.5 Å². The standard InChI is InChI=1S/C24H25ClF2N6O2.C13H20BNO3.C13H16N2O.C12H24B2O4.C12H11Cl2F2N3O.C7H8BrNO.C5H7IN2.C4H7NO/c1-13-10-16(31-32(13)2)14-7-8-15(18(11-14)34-3)28-17-12-19(25)29-23-21(17)30-24(22(26)27)33(23)20-6-4-5-9-35-20;1-12(2)13(3,4)18-14(17-12)9-6-7-10(15)11(8-9)16-5;1-8-6-12(15-9(8)2)10-4-5-11(14)13(7-10)16-3;1-9(2)10(3,4)16-13(15-9)14-17-11(5,6)12(7,8)18-14;13-6-5-7(14)17-11-9(6)18-12(10(15)16)19(11)8-3-1-2-4-20-8;1-10-7-4-5(8)2-3-6(7)9;1-4-3-5(6)7-8(4)2;5-4(6)3-1-2-3/h7-8,10-12,20,22H,4-6,9H2,1-3H3,(H,28,29);6-8H,15H2,1-5H3;4-7,9H,14H2,1-3H3;1-8H3;5,8,10H,1-4H2;2-4H,9H2,1H3;3H,1-2H3;3H,1-2H2,(H2,5,6). The van der Waals surface area contributed by atoms with Crippen molar-refractivity contribution in [3.8, 4) is 34.3 Å². The van der Waals surface area contributed by atoms with Crippen LogP contribution in [0.15, 0.2) is 118 Å². The van der Waals surface area contributed by atoms with Gasteiger partial charge in [-0.15, -0.1) is 0 Å². The first-order valence-corrected chi connectivity index (χ1v) is 45.8. The second kappa shape index (κ2) is 43.9. The molecule has 12 heterocycles. The number of aryl methyl sites for hydroxylation is 4. The molecule has 6 fully saturated rings. The Kier molecular flexibility index (Phi) is 35.0. The Labute approximate surface area is 801 Å². The number of aliphatic imine (C=N–C) groups is 1. The number of imidazole rings is 2. The van der Waals surface area contributed by atoms with E-state index in [0.717, 1.165) is 80.4 Å². The first-order valence-electron chi connectivity index (χ1n) is 42.8. The number of nitrogen functional groups attached to an aromatic ring is 3. The van der Waals surface area contributed by atoms with Gasteiger partial charge in [-0.1, -0.05) is 68.9 Å². The molecule has 4 aromatic carbocycles. The number of amides is 1. The van der Waals surface area contributed by atoms with E-state index >= 15 is 0 Å². The first kappa shape index (κ1) is 105. The Hall–Kier alpha value is -8.51. The number of rotatable bonds is 15. The third kappa shape index (κ3) is 25.8. The van der Waals surface area contributed by atoms with Gasteiger partial charge in [-0.05, 0) is 275 Å². The van der Waals surface area contributed by atoms with Gasteiger partial charge in [-0.25, -0.2) is 37.5 Å². The first-order chi connectivity index (χ1) is 61.4. The van der Waals surface area contributed by atoms with Crippen LogP contribution in [0.3, 0.4) is 0 Å². The number of nitrogens with one attached hydrogen (secondary N) is 1. The fourth-order valence-corrected chi connectivity index (χ4v) is 15.6.